The number of hydrogen-bond acceptors (Lipinski definition) is 4. The summed E-state index contributed by atoms with van der Waals surface area (Å²) in [7, 11) is -2.08. The molecule has 0 spiro atoms. The summed E-state index contributed by atoms with van der Waals surface area (Å²) in [4.78, 5) is 0.209. The Morgan fingerprint density at radius 1 is 1.30 bits per heavy atom. The Morgan fingerprint density at radius 3 is 2.40 bits per heavy atom. The van der Waals surface area contributed by atoms with Crippen molar-refractivity contribution in [2.75, 3.05) is 13.7 Å². The number of benzene rings is 1. The zero-order chi connectivity index (χ0) is 14.6. The highest BCUT2D eigenvalue weighted by molar-refractivity contribution is 7.89. The van der Waals surface area contributed by atoms with Gasteiger partial charge in [-0.1, -0.05) is 12.8 Å². The van der Waals surface area contributed by atoms with Crippen LogP contribution in [0, 0.1) is 11.3 Å². The van der Waals surface area contributed by atoms with E-state index in [1.165, 1.54) is 23.5 Å². The predicted octanol–water partition coefficient (Wildman–Crippen LogP) is 2.15. The number of hydrogen-bond donors (Lipinski definition) is 0. The fourth-order valence-corrected chi connectivity index (χ4v) is 4.14. The molecular formula is C14H18N2O3S. The van der Waals surface area contributed by atoms with Gasteiger partial charge in [0, 0.05) is 6.04 Å². The van der Waals surface area contributed by atoms with E-state index in [2.05, 4.69) is 0 Å². The van der Waals surface area contributed by atoms with Crippen LogP contribution in [0.4, 0.5) is 0 Å². The Labute approximate surface area is 119 Å². The van der Waals surface area contributed by atoms with Gasteiger partial charge in [-0.2, -0.15) is 9.57 Å². The number of nitrogens with zero attached hydrogens (tertiary/aromatic N) is 2. The molecule has 0 saturated heterocycles. The second-order valence-electron chi connectivity index (χ2n) is 4.82. The molecule has 1 aliphatic carbocycles. The lowest BCUT2D eigenvalue weighted by Crippen LogP contribution is -2.39. The van der Waals surface area contributed by atoms with Crippen molar-refractivity contribution in [2.45, 2.75) is 36.6 Å². The highest BCUT2D eigenvalue weighted by Crippen LogP contribution is 2.28. The number of sulfonamides is 1. The van der Waals surface area contributed by atoms with Crippen LogP contribution in [0.15, 0.2) is 29.2 Å². The van der Waals surface area contributed by atoms with Gasteiger partial charge in [0.2, 0.25) is 10.0 Å². The molecule has 0 radical (unpaired) electrons. The molecule has 0 bridgehead atoms. The number of ether oxygens (including phenoxy) is 1. The predicted molar refractivity (Wildman–Crippen MR) is 74.8 cm³/mol. The fraction of sp³-hybridized carbons (Fsp3) is 0.500. The van der Waals surface area contributed by atoms with Crippen molar-refractivity contribution >= 4 is 10.0 Å². The van der Waals surface area contributed by atoms with Crippen LogP contribution in [0.25, 0.3) is 0 Å². The maximum atomic E-state index is 12.6. The van der Waals surface area contributed by atoms with Gasteiger partial charge in [-0.05, 0) is 37.1 Å². The summed E-state index contributed by atoms with van der Waals surface area (Å²) in [6.45, 7) is -0.0982. The summed E-state index contributed by atoms with van der Waals surface area (Å²) in [5, 5.41) is 8.91. The Bertz CT molecular complexity index is 584. The molecule has 0 N–H and O–H groups in total. The second-order valence-corrected chi connectivity index (χ2v) is 6.71. The molecule has 0 amide bonds. The summed E-state index contributed by atoms with van der Waals surface area (Å²) in [6, 6.07) is 8.19. The van der Waals surface area contributed by atoms with Crippen molar-refractivity contribution in [1.82, 2.24) is 4.31 Å². The highest BCUT2D eigenvalue weighted by atomic mass is 32.2. The van der Waals surface area contributed by atoms with E-state index in [1.54, 1.807) is 12.1 Å². The van der Waals surface area contributed by atoms with Crippen LogP contribution in [-0.2, 0) is 10.0 Å². The smallest absolute Gasteiger partial charge is 0.244 e. The lowest BCUT2D eigenvalue weighted by atomic mass is 10.2. The summed E-state index contributed by atoms with van der Waals surface area (Å²) >= 11 is 0. The number of rotatable bonds is 5. The quantitative estimate of drug-likeness (QED) is 0.780. The Hall–Kier alpha value is -1.58. The van der Waals surface area contributed by atoms with E-state index in [-0.39, 0.29) is 17.5 Å². The Kier molecular flexibility index (Phi) is 4.63. The van der Waals surface area contributed by atoms with Gasteiger partial charge in [0.1, 0.15) is 12.3 Å². The minimum atomic E-state index is -3.62. The van der Waals surface area contributed by atoms with Crippen molar-refractivity contribution in [3.05, 3.63) is 24.3 Å². The summed E-state index contributed by atoms with van der Waals surface area (Å²) in [5.74, 6) is 0.608. The standard InChI is InChI=1S/C14H18N2O3S/c1-19-13-6-8-14(9-7-13)20(17,18)16(11-10-15)12-4-2-3-5-12/h6-9,12H,2-5,11H2,1H3. The first-order valence-electron chi connectivity index (χ1n) is 6.62. The minimum absolute atomic E-state index is 0.0539. The van der Waals surface area contributed by atoms with Crippen LogP contribution >= 0.6 is 0 Å². The lowest BCUT2D eigenvalue weighted by molar-refractivity contribution is 0.350. The molecule has 1 aromatic carbocycles. The van der Waals surface area contributed by atoms with E-state index in [4.69, 9.17) is 10.00 Å². The van der Waals surface area contributed by atoms with Gasteiger partial charge >= 0.3 is 0 Å². The van der Waals surface area contributed by atoms with E-state index in [9.17, 15) is 8.42 Å². The Balaban J connectivity index is 2.31. The lowest BCUT2D eigenvalue weighted by Gasteiger charge is -2.25. The summed E-state index contributed by atoms with van der Waals surface area (Å²) < 4.78 is 31.6. The fourth-order valence-electron chi connectivity index (χ4n) is 2.56. The molecule has 1 saturated carbocycles. The molecule has 5 nitrogen and oxygen atoms in total. The molecule has 1 fully saturated rings. The van der Waals surface area contributed by atoms with E-state index in [0.717, 1.165) is 25.7 Å². The number of methoxy groups -OCH3 is 1. The van der Waals surface area contributed by atoms with Gasteiger partial charge in [0.15, 0.2) is 0 Å². The largest absolute Gasteiger partial charge is 0.497 e. The third-order valence-corrected chi connectivity index (χ3v) is 5.54. The van der Waals surface area contributed by atoms with E-state index < -0.39 is 10.0 Å². The highest BCUT2D eigenvalue weighted by Gasteiger charge is 2.33. The molecule has 1 aliphatic rings. The average molecular weight is 294 g/mol. The maximum absolute atomic E-state index is 12.6. The molecule has 108 valence electrons. The Morgan fingerprint density at radius 2 is 1.90 bits per heavy atom. The molecule has 0 aliphatic heterocycles. The first-order valence-corrected chi connectivity index (χ1v) is 8.06. The molecule has 1 aromatic rings. The monoisotopic (exact) mass is 294 g/mol. The summed E-state index contributed by atoms with van der Waals surface area (Å²) in [5.41, 5.74) is 0. The molecule has 0 aromatic heterocycles. The first kappa shape index (κ1) is 14.8. The third kappa shape index (κ3) is 2.94. The molecule has 0 heterocycles. The number of nitriles is 1. The van der Waals surface area contributed by atoms with Crippen LogP contribution in [-0.4, -0.2) is 32.4 Å². The van der Waals surface area contributed by atoms with Gasteiger partial charge < -0.3 is 4.74 Å². The molecule has 0 atom stereocenters. The van der Waals surface area contributed by atoms with Crippen molar-refractivity contribution < 1.29 is 13.2 Å². The minimum Gasteiger partial charge on any atom is -0.497 e. The molecule has 2 rings (SSSR count). The van der Waals surface area contributed by atoms with Crippen LogP contribution in [0.3, 0.4) is 0 Å². The SMILES string of the molecule is COc1ccc(S(=O)(=O)N(CC#N)C2CCCC2)cc1. The third-order valence-electron chi connectivity index (χ3n) is 3.62. The topological polar surface area (TPSA) is 70.4 Å². The van der Waals surface area contributed by atoms with Crippen molar-refractivity contribution in [2.24, 2.45) is 0 Å². The molecular weight excluding hydrogens is 276 g/mol. The van der Waals surface area contributed by atoms with E-state index in [0.29, 0.717) is 5.75 Å². The van der Waals surface area contributed by atoms with Gasteiger partial charge in [-0.15, -0.1) is 0 Å². The zero-order valence-corrected chi connectivity index (χ0v) is 12.3. The average Bonchev–Trinajstić information content (AvgIpc) is 2.98. The van der Waals surface area contributed by atoms with E-state index in [1.807, 2.05) is 6.07 Å². The molecule has 6 heteroatoms. The zero-order valence-electron chi connectivity index (χ0n) is 11.4. The second kappa shape index (κ2) is 6.25. The van der Waals surface area contributed by atoms with Gasteiger partial charge in [0.05, 0.1) is 18.1 Å². The molecule has 20 heavy (non-hydrogen) atoms. The molecule has 0 unspecified atom stereocenters. The van der Waals surface area contributed by atoms with Crippen molar-refractivity contribution in [3.8, 4) is 11.8 Å². The van der Waals surface area contributed by atoms with Crippen LogP contribution < -0.4 is 4.74 Å². The van der Waals surface area contributed by atoms with Crippen LogP contribution in [0.5, 0.6) is 5.75 Å². The normalized spacial score (nSPS) is 16.2. The van der Waals surface area contributed by atoms with E-state index >= 15 is 0 Å². The first-order chi connectivity index (χ1) is 9.59. The van der Waals surface area contributed by atoms with Crippen LogP contribution in [0.1, 0.15) is 25.7 Å². The maximum Gasteiger partial charge on any atom is 0.244 e. The van der Waals surface area contributed by atoms with Crippen LogP contribution in [0.2, 0.25) is 0 Å². The van der Waals surface area contributed by atoms with Gasteiger partial charge in [-0.3, -0.25) is 0 Å². The van der Waals surface area contributed by atoms with Gasteiger partial charge in [0.25, 0.3) is 0 Å². The van der Waals surface area contributed by atoms with Gasteiger partial charge in [-0.25, -0.2) is 8.42 Å². The van der Waals surface area contributed by atoms with Crippen molar-refractivity contribution in [3.63, 3.8) is 0 Å². The summed E-state index contributed by atoms with van der Waals surface area (Å²) in [6.07, 6.45) is 3.70. The van der Waals surface area contributed by atoms with Crippen molar-refractivity contribution in [1.29, 1.82) is 5.26 Å².